The van der Waals surface area contributed by atoms with Crippen molar-refractivity contribution < 1.29 is 13.2 Å². The van der Waals surface area contributed by atoms with Gasteiger partial charge >= 0.3 is 0 Å². The van der Waals surface area contributed by atoms with Gasteiger partial charge in [0.2, 0.25) is 10.0 Å². The van der Waals surface area contributed by atoms with Crippen LogP contribution >= 0.6 is 0 Å². The molecule has 2 saturated heterocycles. The Morgan fingerprint density at radius 1 is 1.28 bits per heavy atom. The van der Waals surface area contributed by atoms with Gasteiger partial charge in [0.05, 0.1) is 5.25 Å². The van der Waals surface area contributed by atoms with Crippen molar-refractivity contribution in [2.75, 3.05) is 32.8 Å². The SMILES string of the molecule is CCN(C1CCCNC1)S(=O)(=O)C1CCOCC1. The summed E-state index contributed by atoms with van der Waals surface area (Å²) in [5.74, 6) is 0. The van der Waals surface area contributed by atoms with Crippen molar-refractivity contribution in [1.82, 2.24) is 9.62 Å². The van der Waals surface area contributed by atoms with Gasteiger partial charge in [-0.1, -0.05) is 6.92 Å². The van der Waals surface area contributed by atoms with Crippen LogP contribution in [-0.2, 0) is 14.8 Å². The quantitative estimate of drug-likeness (QED) is 0.815. The number of piperidine rings is 1. The van der Waals surface area contributed by atoms with E-state index < -0.39 is 10.0 Å². The van der Waals surface area contributed by atoms with E-state index in [0.717, 1.165) is 25.9 Å². The average molecular weight is 276 g/mol. The normalized spacial score (nSPS) is 27.6. The van der Waals surface area contributed by atoms with Gasteiger partial charge in [-0.05, 0) is 32.2 Å². The van der Waals surface area contributed by atoms with Gasteiger partial charge in [-0.25, -0.2) is 8.42 Å². The molecule has 2 aliphatic rings. The van der Waals surface area contributed by atoms with Gasteiger partial charge in [0.1, 0.15) is 0 Å². The molecule has 18 heavy (non-hydrogen) atoms. The lowest BCUT2D eigenvalue weighted by molar-refractivity contribution is 0.0966. The Morgan fingerprint density at radius 3 is 2.56 bits per heavy atom. The number of rotatable bonds is 4. The van der Waals surface area contributed by atoms with Crippen LogP contribution in [-0.4, -0.2) is 56.9 Å². The van der Waals surface area contributed by atoms with Gasteiger partial charge in [0.25, 0.3) is 0 Å². The molecule has 2 fully saturated rings. The summed E-state index contributed by atoms with van der Waals surface area (Å²) < 4.78 is 32.3. The highest BCUT2D eigenvalue weighted by atomic mass is 32.2. The minimum Gasteiger partial charge on any atom is -0.381 e. The molecule has 106 valence electrons. The monoisotopic (exact) mass is 276 g/mol. The Balaban J connectivity index is 2.08. The van der Waals surface area contributed by atoms with Crippen molar-refractivity contribution in [3.05, 3.63) is 0 Å². The second-order valence-electron chi connectivity index (χ2n) is 5.06. The molecular weight excluding hydrogens is 252 g/mol. The van der Waals surface area contributed by atoms with Crippen LogP contribution in [0.3, 0.4) is 0 Å². The number of sulfonamides is 1. The predicted molar refractivity (Wildman–Crippen MR) is 71.0 cm³/mol. The summed E-state index contributed by atoms with van der Waals surface area (Å²) in [6, 6.07) is 0.136. The molecule has 6 heteroatoms. The van der Waals surface area contributed by atoms with Gasteiger partial charge in [-0.3, -0.25) is 0 Å². The van der Waals surface area contributed by atoms with Crippen molar-refractivity contribution in [3.8, 4) is 0 Å². The Hall–Kier alpha value is -0.170. The van der Waals surface area contributed by atoms with E-state index in [9.17, 15) is 8.42 Å². The zero-order valence-electron chi connectivity index (χ0n) is 11.1. The van der Waals surface area contributed by atoms with Crippen LogP contribution in [0, 0.1) is 0 Å². The van der Waals surface area contributed by atoms with E-state index >= 15 is 0 Å². The van der Waals surface area contributed by atoms with Crippen molar-refractivity contribution in [1.29, 1.82) is 0 Å². The highest BCUT2D eigenvalue weighted by Crippen LogP contribution is 2.23. The maximum absolute atomic E-state index is 12.7. The molecule has 0 radical (unpaired) electrons. The van der Waals surface area contributed by atoms with Crippen molar-refractivity contribution in [2.45, 2.75) is 43.9 Å². The fourth-order valence-electron chi connectivity index (χ4n) is 2.89. The third-order valence-electron chi connectivity index (χ3n) is 3.91. The van der Waals surface area contributed by atoms with Crippen LogP contribution in [0.4, 0.5) is 0 Å². The molecule has 2 rings (SSSR count). The van der Waals surface area contributed by atoms with Gasteiger partial charge in [-0.15, -0.1) is 0 Å². The van der Waals surface area contributed by atoms with E-state index in [0.29, 0.717) is 32.6 Å². The first-order chi connectivity index (χ1) is 8.66. The Bertz CT molecular complexity index is 346. The molecular formula is C12H24N2O3S. The first kappa shape index (κ1) is 14.2. The number of nitrogens with one attached hydrogen (secondary N) is 1. The predicted octanol–water partition coefficient (Wildman–Crippen LogP) is 0.569. The topological polar surface area (TPSA) is 58.6 Å². The van der Waals surface area contributed by atoms with Crippen LogP contribution in [0.5, 0.6) is 0 Å². The summed E-state index contributed by atoms with van der Waals surface area (Å²) in [5, 5.41) is 3.05. The number of hydrogen-bond donors (Lipinski definition) is 1. The van der Waals surface area contributed by atoms with E-state index in [1.807, 2.05) is 6.92 Å². The first-order valence-corrected chi connectivity index (χ1v) is 8.45. The summed E-state index contributed by atoms with van der Waals surface area (Å²) in [6.45, 7) is 5.45. The Labute approximate surface area is 110 Å². The maximum Gasteiger partial charge on any atom is 0.217 e. The van der Waals surface area contributed by atoms with E-state index in [4.69, 9.17) is 4.74 Å². The Morgan fingerprint density at radius 2 is 2.00 bits per heavy atom. The standard InChI is InChI=1S/C12H24N2O3S/c1-2-14(11-4-3-7-13-10-11)18(15,16)12-5-8-17-9-6-12/h11-13H,2-10H2,1H3. The average Bonchev–Trinajstić information content (AvgIpc) is 2.41. The number of ether oxygens (including phenoxy) is 1. The van der Waals surface area contributed by atoms with Gasteiger partial charge in [-0.2, -0.15) is 4.31 Å². The third-order valence-corrected chi connectivity index (χ3v) is 6.43. The zero-order chi connectivity index (χ0) is 13.0. The molecule has 0 spiro atoms. The maximum atomic E-state index is 12.7. The van der Waals surface area contributed by atoms with E-state index in [2.05, 4.69) is 5.32 Å². The lowest BCUT2D eigenvalue weighted by Crippen LogP contribution is -2.51. The fraction of sp³-hybridized carbons (Fsp3) is 1.00. The van der Waals surface area contributed by atoms with Gasteiger partial charge in [0.15, 0.2) is 0 Å². The zero-order valence-corrected chi connectivity index (χ0v) is 11.9. The van der Waals surface area contributed by atoms with Crippen LogP contribution in [0.25, 0.3) is 0 Å². The summed E-state index contributed by atoms with van der Waals surface area (Å²) >= 11 is 0. The first-order valence-electron chi connectivity index (χ1n) is 6.95. The summed E-state index contributed by atoms with van der Waals surface area (Å²) in [4.78, 5) is 0. The van der Waals surface area contributed by atoms with Crippen LogP contribution in [0.1, 0.15) is 32.6 Å². The fourth-order valence-corrected chi connectivity index (χ4v) is 5.02. The van der Waals surface area contributed by atoms with E-state index in [1.54, 1.807) is 4.31 Å². The molecule has 0 aromatic rings. The minimum atomic E-state index is -3.16. The van der Waals surface area contributed by atoms with Gasteiger partial charge < -0.3 is 10.1 Å². The van der Waals surface area contributed by atoms with E-state index in [1.165, 1.54) is 0 Å². The lowest BCUT2D eigenvalue weighted by atomic mass is 10.1. The largest absolute Gasteiger partial charge is 0.381 e. The smallest absolute Gasteiger partial charge is 0.217 e. The van der Waals surface area contributed by atoms with E-state index in [-0.39, 0.29) is 11.3 Å². The highest BCUT2D eigenvalue weighted by molar-refractivity contribution is 7.89. The number of hydrogen-bond acceptors (Lipinski definition) is 4. The second kappa shape index (κ2) is 6.32. The van der Waals surface area contributed by atoms with Crippen molar-refractivity contribution >= 4 is 10.0 Å². The number of nitrogens with zero attached hydrogens (tertiary/aromatic N) is 1. The molecule has 0 bridgehead atoms. The molecule has 0 saturated carbocycles. The van der Waals surface area contributed by atoms with Crippen molar-refractivity contribution in [3.63, 3.8) is 0 Å². The van der Waals surface area contributed by atoms with Crippen LogP contribution in [0.15, 0.2) is 0 Å². The molecule has 5 nitrogen and oxygen atoms in total. The molecule has 0 aliphatic carbocycles. The summed E-state index contributed by atoms with van der Waals surface area (Å²) in [6.07, 6.45) is 3.31. The molecule has 0 aromatic carbocycles. The summed E-state index contributed by atoms with van der Waals surface area (Å²) in [7, 11) is -3.16. The molecule has 1 atom stereocenters. The molecule has 2 aliphatic heterocycles. The summed E-state index contributed by atoms with van der Waals surface area (Å²) in [5.41, 5.74) is 0. The van der Waals surface area contributed by atoms with Crippen molar-refractivity contribution in [2.24, 2.45) is 0 Å². The Kier molecular flexibility index (Phi) is 5.00. The molecule has 2 heterocycles. The second-order valence-corrected chi connectivity index (χ2v) is 7.23. The van der Waals surface area contributed by atoms with Crippen LogP contribution < -0.4 is 5.32 Å². The lowest BCUT2D eigenvalue weighted by Gasteiger charge is -2.36. The third kappa shape index (κ3) is 3.04. The molecule has 1 unspecified atom stereocenters. The number of likely N-dealkylation sites (N-methyl/N-ethyl adjacent to an activating group) is 1. The molecule has 0 amide bonds. The van der Waals surface area contributed by atoms with Gasteiger partial charge in [0, 0.05) is 32.3 Å². The highest BCUT2D eigenvalue weighted by Gasteiger charge is 2.36. The molecule has 0 aromatic heterocycles. The van der Waals surface area contributed by atoms with Crippen LogP contribution in [0.2, 0.25) is 0 Å². The minimum absolute atomic E-state index is 0.136. The molecule has 1 N–H and O–H groups in total.